The summed E-state index contributed by atoms with van der Waals surface area (Å²) >= 11 is 0. The predicted molar refractivity (Wildman–Crippen MR) is 114 cm³/mol. The standard InChI is InChI=1S/C20H17N5O5S/c26-20(23-22-14-16-7-6-12-21-13-16)15-24(18-10-4-5-11-19(18)25(27)28)31(29,30)17-8-2-1-3-9-17/h1-14H,15H2,(H,23,26)/b22-14-. The van der Waals surface area contributed by atoms with E-state index in [2.05, 4.69) is 15.5 Å². The minimum absolute atomic E-state index is 0.111. The van der Waals surface area contributed by atoms with Gasteiger partial charge in [0.15, 0.2) is 0 Å². The fourth-order valence-electron chi connectivity index (χ4n) is 2.65. The summed E-state index contributed by atoms with van der Waals surface area (Å²) in [6, 6.07) is 16.0. The molecule has 0 unspecified atom stereocenters. The normalized spacial score (nSPS) is 11.2. The number of amides is 1. The number of benzene rings is 2. The van der Waals surface area contributed by atoms with Gasteiger partial charge in [-0.3, -0.25) is 19.9 Å². The van der Waals surface area contributed by atoms with Crippen LogP contribution >= 0.6 is 0 Å². The van der Waals surface area contributed by atoms with Crippen LogP contribution in [0.5, 0.6) is 0 Å². The number of carbonyl (C=O) groups is 1. The average Bonchev–Trinajstić information content (AvgIpc) is 2.78. The number of hydrogen-bond donors (Lipinski definition) is 1. The molecule has 31 heavy (non-hydrogen) atoms. The molecular weight excluding hydrogens is 422 g/mol. The number of hydrogen-bond acceptors (Lipinski definition) is 7. The second kappa shape index (κ2) is 9.59. The largest absolute Gasteiger partial charge is 0.293 e. The maximum atomic E-state index is 13.2. The summed E-state index contributed by atoms with van der Waals surface area (Å²) in [5.74, 6) is -0.780. The number of para-hydroxylation sites is 2. The maximum absolute atomic E-state index is 13.2. The molecule has 158 valence electrons. The van der Waals surface area contributed by atoms with Crippen LogP contribution in [0.25, 0.3) is 0 Å². The summed E-state index contributed by atoms with van der Waals surface area (Å²) in [4.78, 5) is 27.0. The smallest absolute Gasteiger partial charge is 0.271 e. The minimum Gasteiger partial charge on any atom is -0.271 e. The Labute approximate surface area is 178 Å². The molecule has 0 spiro atoms. The van der Waals surface area contributed by atoms with E-state index in [9.17, 15) is 23.3 Å². The van der Waals surface area contributed by atoms with Crippen LogP contribution in [0.1, 0.15) is 5.56 Å². The van der Waals surface area contributed by atoms with E-state index in [0.717, 1.165) is 0 Å². The molecule has 0 saturated heterocycles. The van der Waals surface area contributed by atoms with Gasteiger partial charge in [-0.1, -0.05) is 36.4 Å². The fraction of sp³-hybridized carbons (Fsp3) is 0.0500. The molecule has 1 aromatic heterocycles. The van der Waals surface area contributed by atoms with E-state index in [1.54, 1.807) is 24.4 Å². The van der Waals surface area contributed by atoms with Crippen molar-refractivity contribution in [3.63, 3.8) is 0 Å². The van der Waals surface area contributed by atoms with E-state index >= 15 is 0 Å². The van der Waals surface area contributed by atoms with Crippen molar-refractivity contribution >= 4 is 33.5 Å². The Balaban J connectivity index is 1.92. The van der Waals surface area contributed by atoms with Gasteiger partial charge in [0.1, 0.15) is 12.2 Å². The molecule has 0 saturated carbocycles. The Morgan fingerprint density at radius 1 is 1.10 bits per heavy atom. The molecular formula is C20H17N5O5S. The number of sulfonamides is 1. The molecule has 1 heterocycles. The Hall–Kier alpha value is -4.12. The van der Waals surface area contributed by atoms with E-state index < -0.39 is 33.1 Å². The van der Waals surface area contributed by atoms with Gasteiger partial charge in [-0.25, -0.2) is 18.1 Å². The summed E-state index contributed by atoms with van der Waals surface area (Å²) in [5, 5.41) is 15.2. The lowest BCUT2D eigenvalue weighted by Gasteiger charge is -2.23. The first-order chi connectivity index (χ1) is 14.9. The third-order valence-corrected chi connectivity index (χ3v) is 5.83. The number of carbonyl (C=O) groups excluding carboxylic acids is 1. The van der Waals surface area contributed by atoms with Gasteiger partial charge in [0.25, 0.3) is 21.6 Å². The van der Waals surface area contributed by atoms with Crippen molar-refractivity contribution in [1.29, 1.82) is 0 Å². The highest BCUT2D eigenvalue weighted by Gasteiger charge is 2.31. The first kappa shape index (κ1) is 21.6. The van der Waals surface area contributed by atoms with Gasteiger partial charge in [-0.05, 0) is 24.3 Å². The molecule has 10 nitrogen and oxygen atoms in total. The molecule has 0 aliphatic rings. The molecule has 0 aliphatic carbocycles. The average molecular weight is 439 g/mol. The molecule has 3 rings (SSSR count). The second-order valence-electron chi connectivity index (χ2n) is 6.15. The van der Waals surface area contributed by atoms with E-state index in [1.807, 2.05) is 0 Å². The van der Waals surface area contributed by atoms with Crippen LogP contribution in [-0.4, -0.2) is 37.0 Å². The van der Waals surface area contributed by atoms with E-state index in [1.165, 1.54) is 60.9 Å². The highest BCUT2D eigenvalue weighted by Crippen LogP contribution is 2.31. The monoisotopic (exact) mass is 439 g/mol. The molecule has 0 aliphatic heterocycles. The molecule has 0 bridgehead atoms. The topological polar surface area (TPSA) is 135 Å². The lowest BCUT2D eigenvalue weighted by atomic mass is 10.2. The van der Waals surface area contributed by atoms with Gasteiger partial charge < -0.3 is 0 Å². The minimum atomic E-state index is -4.28. The number of hydrazone groups is 1. The van der Waals surface area contributed by atoms with E-state index in [0.29, 0.717) is 9.87 Å². The van der Waals surface area contributed by atoms with Crippen molar-refractivity contribution in [2.75, 3.05) is 10.8 Å². The molecule has 1 N–H and O–H groups in total. The number of pyridine rings is 1. The lowest BCUT2D eigenvalue weighted by Crippen LogP contribution is -2.39. The highest BCUT2D eigenvalue weighted by atomic mass is 32.2. The van der Waals surface area contributed by atoms with Crippen molar-refractivity contribution in [2.24, 2.45) is 5.10 Å². The van der Waals surface area contributed by atoms with Gasteiger partial charge in [-0.15, -0.1) is 0 Å². The first-order valence-electron chi connectivity index (χ1n) is 8.93. The summed E-state index contributed by atoms with van der Waals surface area (Å²) in [5.41, 5.74) is 2.17. The van der Waals surface area contributed by atoms with Crippen LogP contribution in [0.2, 0.25) is 0 Å². The van der Waals surface area contributed by atoms with Crippen molar-refractivity contribution in [2.45, 2.75) is 4.90 Å². The van der Waals surface area contributed by atoms with Crippen LogP contribution in [0.4, 0.5) is 11.4 Å². The zero-order valence-corrected chi connectivity index (χ0v) is 16.8. The van der Waals surface area contributed by atoms with Crippen molar-refractivity contribution < 1.29 is 18.1 Å². The van der Waals surface area contributed by atoms with Crippen LogP contribution in [-0.2, 0) is 14.8 Å². The summed E-state index contributed by atoms with van der Waals surface area (Å²) in [6.07, 6.45) is 4.44. The predicted octanol–water partition coefficient (Wildman–Crippen LogP) is 2.34. The number of nitrogens with one attached hydrogen (secondary N) is 1. The summed E-state index contributed by atoms with van der Waals surface area (Å²) in [7, 11) is -4.28. The summed E-state index contributed by atoms with van der Waals surface area (Å²) in [6.45, 7) is -0.716. The molecule has 2 aromatic carbocycles. The number of nitro benzene ring substituents is 1. The van der Waals surface area contributed by atoms with Gasteiger partial charge in [0.05, 0.1) is 16.0 Å². The Bertz CT molecular complexity index is 1200. The number of nitro groups is 1. The summed E-state index contributed by atoms with van der Waals surface area (Å²) < 4.78 is 27.1. The molecule has 0 atom stereocenters. The van der Waals surface area contributed by atoms with Crippen LogP contribution in [0.15, 0.2) is 89.1 Å². The third-order valence-electron chi connectivity index (χ3n) is 4.05. The number of rotatable bonds is 8. The quantitative estimate of drug-likeness (QED) is 0.325. The molecule has 11 heteroatoms. The van der Waals surface area contributed by atoms with Crippen molar-refractivity contribution in [3.05, 3.63) is 94.8 Å². The van der Waals surface area contributed by atoms with Crippen LogP contribution < -0.4 is 9.73 Å². The Kier molecular flexibility index (Phi) is 6.67. The van der Waals surface area contributed by atoms with Gasteiger partial charge in [0, 0.05) is 24.0 Å². The van der Waals surface area contributed by atoms with E-state index in [-0.39, 0.29) is 10.6 Å². The second-order valence-corrected chi connectivity index (χ2v) is 8.01. The SMILES string of the molecule is O=C(CN(c1ccccc1[N+](=O)[O-])S(=O)(=O)c1ccccc1)N/N=C\c1cccnc1. The zero-order chi connectivity index (χ0) is 22.3. The first-order valence-corrected chi connectivity index (χ1v) is 10.4. The van der Waals surface area contributed by atoms with Gasteiger partial charge in [-0.2, -0.15) is 5.10 Å². The molecule has 3 aromatic rings. The van der Waals surface area contributed by atoms with Gasteiger partial charge >= 0.3 is 0 Å². The molecule has 0 fully saturated rings. The molecule has 0 radical (unpaired) electrons. The van der Waals surface area contributed by atoms with Crippen molar-refractivity contribution in [3.8, 4) is 0 Å². The van der Waals surface area contributed by atoms with Gasteiger partial charge in [0.2, 0.25) is 0 Å². The number of aromatic nitrogens is 1. The van der Waals surface area contributed by atoms with Crippen LogP contribution in [0, 0.1) is 10.1 Å². The number of nitrogens with zero attached hydrogens (tertiary/aromatic N) is 4. The Morgan fingerprint density at radius 3 is 2.48 bits per heavy atom. The van der Waals surface area contributed by atoms with Crippen LogP contribution in [0.3, 0.4) is 0 Å². The lowest BCUT2D eigenvalue weighted by molar-refractivity contribution is -0.384. The maximum Gasteiger partial charge on any atom is 0.293 e. The highest BCUT2D eigenvalue weighted by molar-refractivity contribution is 7.92. The number of anilines is 1. The fourth-order valence-corrected chi connectivity index (χ4v) is 4.10. The zero-order valence-electron chi connectivity index (χ0n) is 16.0. The third kappa shape index (κ3) is 5.28. The Morgan fingerprint density at radius 2 is 1.81 bits per heavy atom. The van der Waals surface area contributed by atoms with E-state index in [4.69, 9.17) is 0 Å². The molecule has 1 amide bonds. The van der Waals surface area contributed by atoms with Crippen molar-refractivity contribution in [1.82, 2.24) is 10.4 Å².